The van der Waals surface area contributed by atoms with Crippen molar-refractivity contribution in [2.24, 2.45) is 0 Å². The third-order valence-corrected chi connectivity index (χ3v) is 4.03. The number of hydrogen-bond acceptors (Lipinski definition) is 5. The number of nitrogens with zero attached hydrogens (tertiary/aromatic N) is 4. The van der Waals surface area contributed by atoms with E-state index in [1.165, 1.54) is 0 Å². The van der Waals surface area contributed by atoms with Crippen LogP contribution in [0.25, 0.3) is 11.3 Å². The summed E-state index contributed by atoms with van der Waals surface area (Å²) in [6, 6.07) is 3.86. The van der Waals surface area contributed by atoms with E-state index in [9.17, 15) is 8.78 Å². The van der Waals surface area contributed by atoms with Crippen molar-refractivity contribution in [3.63, 3.8) is 0 Å². The molecule has 0 amide bonds. The highest BCUT2D eigenvalue weighted by molar-refractivity contribution is 5.69. The fourth-order valence-electron chi connectivity index (χ4n) is 2.83. The molecule has 1 aliphatic rings. The third kappa shape index (κ3) is 3.60. The van der Waals surface area contributed by atoms with Gasteiger partial charge in [-0.15, -0.1) is 10.2 Å². The fourth-order valence-corrected chi connectivity index (χ4v) is 2.83. The van der Waals surface area contributed by atoms with Crippen LogP contribution < -0.4 is 9.64 Å². The van der Waals surface area contributed by atoms with Crippen LogP contribution in [-0.4, -0.2) is 41.3 Å². The van der Waals surface area contributed by atoms with E-state index in [1.54, 1.807) is 6.20 Å². The second kappa shape index (κ2) is 7.07. The molecule has 2 aromatic rings. The van der Waals surface area contributed by atoms with Crippen molar-refractivity contribution in [1.82, 2.24) is 15.2 Å². The number of rotatable bonds is 5. The second-order valence-electron chi connectivity index (χ2n) is 5.96. The summed E-state index contributed by atoms with van der Waals surface area (Å²) < 4.78 is 30.1. The molecule has 0 radical (unpaired) electrons. The summed E-state index contributed by atoms with van der Waals surface area (Å²) in [4.78, 5) is 6.46. The lowest BCUT2D eigenvalue weighted by atomic mass is 10.1. The zero-order valence-electron chi connectivity index (χ0n) is 13.8. The van der Waals surface area contributed by atoms with Gasteiger partial charge in [0.15, 0.2) is 6.61 Å². The molecule has 1 fully saturated rings. The van der Waals surface area contributed by atoms with Crippen LogP contribution in [0, 0.1) is 13.8 Å². The minimum absolute atomic E-state index is 0.166. The van der Waals surface area contributed by atoms with Crippen molar-refractivity contribution in [3.05, 3.63) is 29.6 Å². The SMILES string of the molecule is Cc1cnc(C)c(-c2cc(N3CCCC3)c(OCC(F)F)nn2)c1. The number of anilines is 1. The van der Waals surface area contributed by atoms with E-state index in [1.807, 2.05) is 26.0 Å². The summed E-state index contributed by atoms with van der Waals surface area (Å²) in [5.41, 5.74) is 4.17. The summed E-state index contributed by atoms with van der Waals surface area (Å²) in [5.74, 6) is 0.166. The summed E-state index contributed by atoms with van der Waals surface area (Å²) in [5, 5.41) is 8.24. The van der Waals surface area contributed by atoms with Gasteiger partial charge in [0.2, 0.25) is 0 Å². The van der Waals surface area contributed by atoms with Gasteiger partial charge in [-0.3, -0.25) is 4.98 Å². The number of pyridine rings is 1. The standard InChI is InChI=1S/C17H20F2N4O/c1-11-7-13(12(2)20-9-11)14-8-15(23-5-3-4-6-23)17(22-21-14)24-10-16(18)19/h7-9,16H,3-6,10H2,1-2H3. The van der Waals surface area contributed by atoms with Crippen molar-refractivity contribution in [1.29, 1.82) is 0 Å². The average Bonchev–Trinajstić information content (AvgIpc) is 3.09. The minimum Gasteiger partial charge on any atom is -0.469 e. The maximum absolute atomic E-state index is 12.5. The summed E-state index contributed by atoms with van der Waals surface area (Å²) >= 11 is 0. The van der Waals surface area contributed by atoms with Gasteiger partial charge in [0, 0.05) is 30.5 Å². The van der Waals surface area contributed by atoms with Gasteiger partial charge in [0.05, 0.1) is 5.69 Å². The second-order valence-corrected chi connectivity index (χ2v) is 5.96. The molecular weight excluding hydrogens is 314 g/mol. The Balaban J connectivity index is 1.99. The molecule has 0 unspecified atom stereocenters. The number of aromatic nitrogens is 3. The molecule has 0 bridgehead atoms. The Bertz CT molecular complexity index is 718. The zero-order chi connectivity index (χ0) is 17.1. The van der Waals surface area contributed by atoms with Crippen LogP contribution in [-0.2, 0) is 0 Å². The zero-order valence-corrected chi connectivity index (χ0v) is 13.8. The molecule has 2 aromatic heterocycles. The minimum atomic E-state index is -2.54. The summed E-state index contributed by atoms with van der Waals surface area (Å²) in [7, 11) is 0. The molecule has 0 atom stereocenters. The Morgan fingerprint density at radius 1 is 1.17 bits per heavy atom. The molecule has 1 aliphatic heterocycles. The van der Waals surface area contributed by atoms with Crippen LogP contribution in [0.3, 0.4) is 0 Å². The van der Waals surface area contributed by atoms with E-state index in [-0.39, 0.29) is 5.88 Å². The number of alkyl halides is 2. The van der Waals surface area contributed by atoms with Crippen LogP contribution in [0.15, 0.2) is 18.3 Å². The Labute approximate surface area is 139 Å². The van der Waals surface area contributed by atoms with Crippen molar-refractivity contribution in [3.8, 4) is 17.1 Å². The van der Waals surface area contributed by atoms with Gasteiger partial charge < -0.3 is 9.64 Å². The predicted octanol–water partition coefficient (Wildman–Crippen LogP) is 3.40. The van der Waals surface area contributed by atoms with Gasteiger partial charge in [-0.1, -0.05) is 0 Å². The highest BCUT2D eigenvalue weighted by atomic mass is 19.3. The maximum Gasteiger partial charge on any atom is 0.272 e. The van der Waals surface area contributed by atoms with Crippen LogP contribution >= 0.6 is 0 Å². The first-order chi connectivity index (χ1) is 11.5. The molecule has 0 N–H and O–H groups in total. The molecule has 0 spiro atoms. The van der Waals surface area contributed by atoms with Crippen LogP contribution in [0.5, 0.6) is 5.88 Å². The van der Waals surface area contributed by atoms with Gasteiger partial charge in [-0.25, -0.2) is 8.78 Å². The van der Waals surface area contributed by atoms with Gasteiger partial charge >= 0.3 is 0 Å². The van der Waals surface area contributed by atoms with E-state index in [2.05, 4.69) is 20.1 Å². The maximum atomic E-state index is 12.5. The first-order valence-electron chi connectivity index (χ1n) is 8.02. The van der Waals surface area contributed by atoms with E-state index >= 15 is 0 Å². The number of aryl methyl sites for hydroxylation is 2. The fraction of sp³-hybridized carbons (Fsp3) is 0.471. The van der Waals surface area contributed by atoms with E-state index in [0.717, 1.165) is 48.4 Å². The molecule has 5 nitrogen and oxygen atoms in total. The lowest BCUT2D eigenvalue weighted by Crippen LogP contribution is -2.20. The van der Waals surface area contributed by atoms with E-state index < -0.39 is 13.0 Å². The lowest BCUT2D eigenvalue weighted by Gasteiger charge is -2.21. The summed E-state index contributed by atoms with van der Waals surface area (Å²) in [6.07, 6.45) is 1.39. The van der Waals surface area contributed by atoms with Crippen molar-refractivity contribution < 1.29 is 13.5 Å². The Morgan fingerprint density at radius 3 is 2.62 bits per heavy atom. The molecule has 1 saturated heterocycles. The topological polar surface area (TPSA) is 51.1 Å². The highest BCUT2D eigenvalue weighted by Gasteiger charge is 2.21. The van der Waals surface area contributed by atoms with Gasteiger partial charge in [0.25, 0.3) is 12.3 Å². The van der Waals surface area contributed by atoms with Crippen molar-refractivity contribution in [2.45, 2.75) is 33.1 Å². The molecule has 0 saturated carbocycles. The van der Waals surface area contributed by atoms with Gasteiger partial charge in [-0.05, 0) is 44.4 Å². The highest BCUT2D eigenvalue weighted by Crippen LogP contribution is 2.33. The van der Waals surface area contributed by atoms with E-state index in [4.69, 9.17) is 4.74 Å². The smallest absolute Gasteiger partial charge is 0.272 e. The van der Waals surface area contributed by atoms with Crippen LogP contribution in [0.1, 0.15) is 24.1 Å². The van der Waals surface area contributed by atoms with Crippen molar-refractivity contribution in [2.75, 3.05) is 24.6 Å². The first-order valence-corrected chi connectivity index (χ1v) is 8.02. The normalized spacial score (nSPS) is 14.5. The number of ether oxygens (including phenoxy) is 1. The third-order valence-electron chi connectivity index (χ3n) is 4.03. The lowest BCUT2D eigenvalue weighted by molar-refractivity contribution is 0.0793. The predicted molar refractivity (Wildman–Crippen MR) is 87.7 cm³/mol. The molecule has 128 valence electrons. The Kier molecular flexibility index (Phi) is 4.87. The Morgan fingerprint density at radius 2 is 1.92 bits per heavy atom. The van der Waals surface area contributed by atoms with Crippen molar-refractivity contribution >= 4 is 5.69 Å². The average molecular weight is 334 g/mol. The molecule has 24 heavy (non-hydrogen) atoms. The first kappa shape index (κ1) is 16.5. The Hall–Kier alpha value is -2.31. The monoisotopic (exact) mass is 334 g/mol. The molecular formula is C17H20F2N4O. The number of hydrogen-bond donors (Lipinski definition) is 0. The molecule has 7 heteroatoms. The van der Waals surface area contributed by atoms with Gasteiger partial charge in [0.1, 0.15) is 5.69 Å². The summed E-state index contributed by atoms with van der Waals surface area (Å²) in [6.45, 7) is 4.92. The molecule has 0 aromatic carbocycles. The largest absolute Gasteiger partial charge is 0.469 e. The van der Waals surface area contributed by atoms with Crippen LogP contribution in [0.4, 0.5) is 14.5 Å². The van der Waals surface area contributed by atoms with Gasteiger partial charge in [-0.2, -0.15) is 0 Å². The molecule has 3 rings (SSSR count). The van der Waals surface area contributed by atoms with Crippen LogP contribution in [0.2, 0.25) is 0 Å². The van der Waals surface area contributed by atoms with E-state index in [0.29, 0.717) is 5.69 Å². The molecule has 0 aliphatic carbocycles. The molecule has 3 heterocycles. The number of halogens is 2. The quantitative estimate of drug-likeness (QED) is 0.839.